The molecule has 0 aromatic rings. The zero-order chi connectivity index (χ0) is 14.6. The highest BCUT2D eigenvalue weighted by molar-refractivity contribution is 4.51. The summed E-state index contributed by atoms with van der Waals surface area (Å²) in [6.07, 6.45) is 11.6. The normalized spacial score (nSPS) is 13.3. The van der Waals surface area contributed by atoms with E-state index in [4.69, 9.17) is 20.4 Å². The molecule has 0 aromatic carbocycles. The molecule has 0 saturated heterocycles. The van der Waals surface area contributed by atoms with E-state index >= 15 is 0 Å². The topological polar surface area (TPSA) is 80.9 Å². The molecule has 1 saturated carbocycles. The molecular weight excluding hydrogens is 232 g/mol. The summed E-state index contributed by atoms with van der Waals surface area (Å²) >= 11 is 0. The molecule has 114 valence electrons. The Kier molecular flexibility index (Phi) is 32.7. The number of aliphatic hydroxyl groups excluding tert-OH is 3. The first kappa shape index (κ1) is 23.0. The zero-order valence-corrected chi connectivity index (χ0v) is 12.4. The van der Waals surface area contributed by atoms with Crippen molar-refractivity contribution in [2.24, 2.45) is 0 Å². The van der Waals surface area contributed by atoms with Crippen molar-refractivity contribution in [3.8, 4) is 0 Å². The third-order valence-electron chi connectivity index (χ3n) is 2.57. The van der Waals surface area contributed by atoms with Gasteiger partial charge in [-0.3, -0.25) is 0 Å². The lowest BCUT2D eigenvalue weighted by atomic mass is 10.0. The standard InChI is InChI=1S/C6H14O2.C6H12.2CH4O/c1-2-3-4-5-6(7)8;1-2-4-6-5-3-1;2*1-2/h6-8H,2-5H2,1H3;1-6H2;2*2H,1H3. The van der Waals surface area contributed by atoms with E-state index in [0.29, 0.717) is 6.42 Å². The summed E-state index contributed by atoms with van der Waals surface area (Å²) in [6, 6.07) is 0. The molecule has 4 nitrogen and oxygen atoms in total. The smallest absolute Gasteiger partial charge is 0.151 e. The highest BCUT2D eigenvalue weighted by Crippen LogP contribution is 2.15. The minimum atomic E-state index is -1.10. The molecule has 0 spiro atoms. The lowest BCUT2D eigenvalue weighted by Crippen LogP contribution is -2.02. The molecule has 1 aliphatic rings. The Morgan fingerprint density at radius 3 is 1.28 bits per heavy atom. The molecule has 18 heavy (non-hydrogen) atoms. The molecular formula is C14H34O4. The molecule has 4 N–H and O–H groups in total. The quantitative estimate of drug-likeness (QED) is 0.465. The SMILES string of the molecule is C1CCCCC1.CCCCCC(O)O.CO.CO. The number of hydrogen-bond donors (Lipinski definition) is 4. The third kappa shape index (κ3) is 29.7. The van der Waals surface area contributed by atoms with Crippen LogP contribution in [0.5, 0.6) is 0 Å². The first-order chi connectivity index (χ1) is 8.77. The fourth-order valence-electron chi connectivity index (χ4n) is 1.64. The Morgan fingerprint density at radius 2 is 1.06 bits per heavy atom. The van der Waals surface area contributed by atoms with Gasteiger partial charge in [0, 0.05) is 14.2 Å². The van der Waals surface area contributed by atoms with Crippen molar-refractivity contribution in [3.05, 3.63) is 0 Å². The van der Waals surface area contributed by atoms with Gasteiger partial charge in [-0.25, -0.2) is 0 Å². The van der Waals surface area contributed by atoms with Gasteiger partial charge in [-0.2, -0.15) is 0 Å². The largest absolute Gasteiger partial charge is 0.400 e. The first-order valence-corrected chi connectivity index (χ1v) is 7.03. The molecule has 1 aliphatic carbocycles. The number of hydrogen-bond acceptors (Lipinski definition) is 4. The second-order valence-electron chi connectivity index (χ2n) is 4.10. The van der Waals surface area contributed by atoms with Gasteiger partial charge < -0.3 is 20.4 Å². The minimum Gasteiger partial charge on any atom is -0.400 e. The Labute approximate surface area is 113 Å². The van der Waals surface area contributed by atoms with Gasteiger partial charge in [0.2, 0.25) is 0 Å². The maximum absolute atomic E-state index is 8.33. The molecule has 4 heteroatoms. The summed E-state index contributed by atoms with van der Waals surface area (Å²) in [4.78, 5) is 0. The van der Waals surface area contributed by atoms with Crippen LogP contribution in [-0.2, 0) is 0 Å². The molecule has 0 aromatic heterocycles. The van der Waals surface area contributed by atoms with Gasteiger partial charge >= 0.3 is 0 Å². The molecule has 0 atom stereocenters. The maximum atomic E-state index is 8.33. The summed E-state index contributed by atoms with van der Waals surface area (Å²) in [5, 5.41) is 30.7. The van der Waals surface area contributed by atoms with E-state index in [9.17, 15) is 0 Å². The van der Waals surface area contributed by atoms with Crippen molar-refractivity contribution in [1.82, 2.24) is 0 Å². The van der Waals surface area contributed by atoms with Gasteiger partial charge in [-0.15, -0.1) is 0 Å². The summed E-state index contributed by atoms with van der Waals surface area (Å²) in [5.41, 5.74) is 0. The van der Waals surface area contributed by atoms with Crippen molar-refractivity contribution in [2.45, 2.75) is 77.4 Å². The van der Waals surface area contributed by atoms with E-state index in [0.717, 1.165) is 33.5 Å². The van der Waals surface area contributed by atoms with E-state index in [-0.39, 0.29) is 0 Å². The van der Waals surface area contributed by atoms with Crippen LogP contribution in [0.25, 0.3) is 0 Å². The Balaban J connectivity index is -0.000000199. The zero-order valence-electron chi connectivity index (χ0n) is 12.4. The predicted molar refractivity (Wildman–Crippen MR) is 76.4 cm³/mol. The summed E-state index contributed by atoms with van der Waals surface area (Å²) in [6.45, 7) is 2.09. The first-order valence-electron chi connectivity index (χ1n) is 7.03. The lowest BCUT2D eigenvalue weighted by Gasteiger charge is -2.05. The van der Waals surface area contributed by atoms with E-state index in [2.05, 4.69) is 6.92 Å². The van der Waals surface area contributed by atoms with E-state index in [1.54, 1.807) is 0 Å². The van der Waals surface area contributed by atoms with E-state index in [1.165, 1.54) is 38.5 Å². The van der Waals surface area contributed by atoms with Crippen molar-refractivity contribution >= 4 is 0 Å². The molecule has 0 bridgehead atoms. The third-order valence-corrected chi connectivity index (χ3v) is 2.57. The van der Waals surface area contributed by atoms with Crippen LogP contribution in [0, 0.1) is 0 Å². The molecule has 0 aliphatic heterocycles. The monoisotopic (exact) mass is 266 g/mol. The van der Waals surface area contributed by atoms with Crippen LogP contribution >= 0.6 is 0 Å². The van der Waals surface area contributed by atoms with Crippen molar-refractivity contribution < 1.29 is 20.4 Å². The Hall–Kier alpha value is -0.160. The van der Waals surface area contributed by atoms with E-state index in [1.807, 2.05) is 0 Å². The molecule has 1 rings (SSSR count). The molecule has 0 unspecified atom stereocenters. The van der Waals surface area contributed by atoms with Crippen LogP contribution in [-0.4, -0.2) is 40.9 Å². The minimum absolute atomic E-state index is 0.522. The van der Waals surface area contributed by atoms with Crippen molar-refractivity contribution in [3.63, 3.8) is 0 Å². The van der Waals surface area contributed by atoms with Gasteiger partial charge in [0.15, 0.2) is 6.29 Å². The van der Waals surface area contributed by atoms with Crippen LogP contribution in [0.2, 0.25) is 0 Å². The summed E-state index contributed by atoms with van der Waals surface area (Å²) in [5.74, 6) is 0. The number of unbranched alkanes of at least 4 members (excludes halogenated alkanes) is 2. The number of rotatable bonds is 4. The predicted octanol–water partition coefficient (Wildman–Crippen LogP) is 2.44. The highest BCUT2D eigenvalue weighted by atomic mass is 16.5. The highest BCUT2D eigenvalue weighted by Gasteiger charge is 1.95. The average molecular weight is 266 g/mol. The van der Waals surface area contributed by atoms with Crippen LogP contribution in [0.1, 0.15) is 71.1 Å². The van der Waals surface area contributed by atoms with Gasteiger partial charge in [0.1, 0.15) is 0 Å². The molecule has 0 radical (unpaired) electrons. The van der Waals surface area contributed by atoms with Crippen LogP contribution in [0.3, 0.4) is 0 Å². The molecule has 0 amide bonds. The molecule has 0 heterocycles. The van der Waals surface area contributed by atoms with Crippen LogP contribution in [0.15, 0.2) is 0 Å². The van der Waals surface area contributed by atoms with Crippen LogP contribution < -0.4 is 0 Å². The van der Waals surface area contributed by atoms with Crippen molar-refractivity contribution in [2.75, 3.05) is 14.2 Å². The van der Waals surface area contributed by atoms with Crippen molar-refractivity contribution in [1.29, 1.82) is 0 Å². The van der Waals surface area contributed by atoms with Gasteiger partial charge in [0.05, 0.1) is 0 Å². The average Bonchev–Trinajstić information content (AvgIpc) is 2.46. The fraction of sp³-hybridized carbons (Fsp3) is 1.00. The van der Waals surface area contributed by atoms with Gasteiger partial charge in [-0.05, 0) is 12.8 Å². The second-order valence-corrected chi connectivity index (χ2v) is 4.10. The number of aliphatic hydroxyl groups is 4. The lowest BCUT2D eigenvalue weighted by molar-refractivity contribution is -0.0465. The summed E-state index contributed by atoms with van der Waals surface area (Å²) < 4.78 is 0. The van der Waals surface area contributed by atoms with E-state index < -0.39 is 6.29 Å². The fourth-order valence-corrected chi connectivity index (χ4v) is 1.64. The van der Waals surface area contributed by atoms with Gasteiger partial charge in [0.25, 0.3) is 0 Å². The van der Waals surface area contributed by atoms with Gasteiger partial charge in [-0.1, -0.05) is 58.3 Å². The molecule has 1 fully saturated rings. The Bertz CT molecular complexity index is 92.5. The summed E-state index contributed by atoms with van der Waals surface area (Å²) in [7, 11) is 2.00. The Morgan fingerprint density at radius 1 is 0.722 bits per heavy atom. The maximum Gasteiger partial charge on any atom is 0.151 e. The van der Waals surface area contributed by atoms with Crippen LogP contribution in [0.4, 0.5) is 0 Å². The second kappa shape index (κ2) is 25.6.